The van der Waals surface area contributed by atoms with Crippen LogP contribution in [0.4, 0.5) is 0 Å². The van der Waals surface area contributed by atoms with E-state index in [9.17, 15) is 5.11 Å². The van der Waals surface area contributed by atoms with Crippen molar-refractivity contribution in [3.8, 4) is 11.5 Å². The van der Waals surface area contributed by atoms with E-state index in [2.05, 4.69) is 15.6 Å². The van der Waals surface area contributed by atoms with Crippen molar-refractivity contribution in [3.63, 3.8) is 0 Å². The van der Waals surface area contributed by atoms with Gasteiger partial charge >= 0.3 is 0 Å². The number of benzene rings is 2. The fourth-order valence-corrected chi connectivity index (χ4v) is 2.92. The van der Waals surface area contributed by atoms with Crippen LogP contribution in [0.5, 0.6) is 11.5 Å². The molecule has 0 saturated heterocycles. The monoisotopic (exact) mass is 429 g/mol. The van der Waals surface area contributed by atoms with Crippen LogP contribution >= 0.6 is 0 Å². The highest BCUT2D eigenvalue weighted by molar-refractivity contribution is 5.79. The maximum atomic E-state index is 10.5. The van der Waals surface area contributed by atoms with E-state index in [1.165, 1.54) is 0 Å². The summed E-state index contributed by atoms with van der Waals surface area (Å²) in [6, 6.07) is 13.5. The lowest BCUT2D eigenvalue weighted by Crippen LogP contribution is -2.39. The summed E-state index contributed by atoms with van der Waals surface area (Å²) in [5, 5.41) is 16.9. The molecule has 0 fully saturated rings. The quantitative estimate of drug-likeness (QED) is 0.273. The molecule has 0 aliphatic heterocycles. The zero-order valence-corrected chi connectivity index (χ0v) is 19.0. The smallest absolute Gasteiger partial charge is 0.191 e. The van der Waals surface area contributed by atoms with Crippen LogP contribution in [0.3, 0.4) is 0 Å². The third kappa shape index (κ3) is 8.47. The predicted molar refractivity (Wildman–Crippen MR) is 124 cm³/mol. The van der Waals surface area contributed by atoms with Gasteiger partial charge in [0.05, 0.1) is 26.4 Å². The Morgan fingerprint density at radius 2 is 1.84 bits per heavy atom. The van der Waals surface area contributed by atoms with E-state index in [-0.39, 0.29) is 0 Å². The van der Waals surface area contributed by atoms with Gasteiger partial charge in [0.15, 0.2) is 5.96 Å². The predicted octanol–water partition coefficient (Wildman–Crippen LogP) is 3.21. The van der Waals surface area contributed by atoms with Gasteiger partial charge in [0.25, 0.3) is 0 Å². The van der Waals surface area contributed by atoms with E-state index >= 15 is 0 Å². The highest BCUT2D eigenvalue weighted by atomic mass is 16.5. The van der Waals surface area contributed by atoms with E-state index < -0.39 is 6.10 Å². The van der Waals surface area contributed by atoms with Gasteiger partial charge in [-0.3, -0.25) is 0 Å². The van der Waals surface area contributed by atoms with E-state index in [1.807, 2.05) is 63.2 Å². The second-order valence-electron chi connectivity index (χ2n) is 7.02. The first-order valence-electron chi connectivity index (χ1n) is 10.7. The molecular formula is C24H35N3O4. The number of aliphatic hydroxyl groups is 1. The normalized spacial score (nSPS) is 12.4. The summed E-state index contributed by atoms with van der Waals surface area (Å²) in [6.45, 7) is 9.25. The van der Waals surface area contributed by atoms with Crippen LogP contribution in [-0.4, -0.2) is 51.1 Å². The Morgan fingerprint density at radius 1 is 1.06 bits per heavy atom. The number of nitrogens with zero attached hydrogens (tertiary/aromatic N) is 1. The molecule has 0 spiro atoms. The summed E-state index contributed by atoms with van der Waals surface area (Å²) in [5.41, 5.74) is 2.94. The van der Waals surface area contributed by atoms with Crippen molar-refractivity contribution in [1.29, 1.82) is 0 Å². The molecule has 7 heteroatoms. The number of nitrogens with one attached hydrogen (secondary N) is 2. The summed E-state index contributed by atoms with van der Waals surface area (Å²) in [5.74, 6) is 2.21. The third-order valence-corrected chi connectivity index (χ3v) is 4.63. The number of hydrogen-bond acceptors (Lipinski definition) is 5. The lowest BCUT2D eigenvalue weighted by Gasteiger charge is -2.16. The lowest BCUT2D eigenvalue weighted by molar-refractivity contribution is 0.110. The molecule has 0 amide bonds. The Labute approximate surface area is 185 Å². The molecule has 2 aromatic carbocycles. The minimum atomic E-state index is -0.661. The molecule has 0 aromatic heterocycles. The number of guanidine groups is 1. The van der Waals surface area contributed by atoms with Gasteiger partial charge < -0.3 is 30.0 Å². The number of methoxy groups -OCH3 is 1. The van der Waals surface area contributed by atoms with Crippen LogP contribution in [0.2, 0.25) is 0 Å². The maximum Gasteiger partial charge on any atom is 0.191 e. The van der Waals surface area contributed by atoms with Gasteiger partial charge in [-0.05, 0) is 50.1 Å². The van der Waals surface area contributed by atoms with Crippen molar-refractivity contribution < 1.29 is 19.3 Å². The topological polar surface area (TPSA) is 84.3 Å². The molecule has 0 saturated carbocycles. The van der Waals surface area contributed by atoms with Crippen molar-refractivity contribution in [3.05, 3.63) is 59.2 Å². The van der Waals surface area contributed by atoms with Crippen molar-refractivity contribution in [2.24, 2.45) is 4.99 Å². The highest BCUT2D eigenvalue weighted by Crippen LogP contribution is 2.21. The van der Waals surface area contributed by atoms with Crippen LogP contribution in [0.25, 0.3) is 0 Å². The van der Waals surface area contributed by atoms with Crippen LogP contribution in [0, 0.1) is 6.92 Å². The fourth-order valence-electron chi connectivity index (χ4n) is 2.92. The minimum absolute atomic E-state index is 0.337. The van der Waals surface area contributed by atoms with Gasteiger partial charge in [0, 0.05) is 25.3 Å². The SMILES string of the molecule is CCNC(=NCc1ccc(C)cc1OCCOCC)NCC(O)c1ccc(OC)cc1. The fraction of sp³-hybridized carbons (Fsp3) is 0.458. The molecule has 0 heterocycles. The van der Waals surface area contributed by atoms with Crippen LogP contribution < -0.4 is 20.1 Å². The Kier molecular flexibility index (Phi) is 10.7. The largest absolute Gasteiger partial charge is 0.497 e. The third-order valence-electron chi connectivity index (χ3n) is 4.63. The van der Waals surface area contributed by atoms with Gasteiger partial charge in [0.2, 0.25) is 0 Å². The molecule has 0 bridgehead atoms. The van der Waals surface area contributed by atoms with Crippen LogP contribution in [0.1, 0.15) is 36.6 Å². The standard InChI is InChI=1S/C24H35N3O4/c1-5-25-24(27-17-22(28)19-9-11-21(29-4)12-10-19)26-16-20-8-7-18(3)15-23(20)31-14-13-30-6-2/h7-12,15,22,28H,5-6,13-14,16-17H2,1-4H3,(H2,25,26,27). The zero-order chi connectivity index (χ0) is 22.5. The molecule has 0 aliphatic carbocycles. The first-order valence-corrected chi connectivity index (χ1v) is 10.7. The molecule has 31 heavy (non-hydrogen) atoms. The Morgan fingerprint density at radius 3 is 2.52 bits per heavy atom. The van der Waals surface area contributed by atoms with E-state index in [0.29, 0.717) is 38.9 Å². The van der Waals surface area contributed by atoms with Gasteiger partial charge in [-0.1, -0.05) is 24.3 Å². The molecule has 170 valence electrons. The Balaban J connectivity index is 1.99. The van der Waals surface area contributed by atoms with Gasteiger partial charge in [-0.15, -0.1) is 0 Å². The van der Waals surface area contributed by atoms with Crippen molar-refractivity contribution >= 4 is 5.96 Å². The molecule has 0 aliphatic rings. The molecule has 7 nitrogen and oxygen atoms in total. The zero-order valence-electron chi connectivity index (χ0n) is 19.0. The first kappa shape index (κ1) is 24.5. The number of aliphatic hydroxyl groups excluding tert-OH is 1. The second kappa shape index (κ2) is 13.5. The number of ether oxygens (including phenoxy) is 3. The number of aliphatic imine (C=N–C) groups is 1. The van der Waals surface area contributed by atoms with Crippen LogP contribution in [-0.2, 0) is 11.3 Å². The number of rotatable bonds is 12. The summed E-state index contributed by atoms with van der Waals surface area (Å²) in [6.07, 6.45) is -0.661. The van der Waals surface area contributed by atoms with Crippen molar-refractivity contribution in [2.75, 3.05) is 40.0 Å². The van der Waals surface area contributed by atoms with Crippen molar-refractivity contribution in [1.82, 2.24) is 10.6 Å². The minimum Gasteiger partial charge on any atom is -0.497 e. The van der Waals surface area contributed by atoms with Gasteiger partial charge in [-0.25, -0.2) is 4.99 Å². The average Bonchev–Trinajstić information content (AvgIpc) is 2.79. The number of hydrogen-bond donors (Lipinski definition) is 3. The summed E-state index contributed by atoms with van der Waals surface area (Å²) >= 11 is 0. The second-order valence-corrected chi connectivity index (χ2v) is 7.02. The first-order chi connectivity index (χ1) is 15.1. The van der Waals surface area contributed by atoms with Gasteiger partial charge in [0.1, 0.15) is 18.1 Å². The summed E-state index contributed by atoms with van der Waals surface area (Å²) < 4.78 is 16.4. The van der Waals surface area contributed by atoms with Crippen LogP contribution in [0.15, 0.2) is 47.5 Å². The maximum absolute atomic E-state index is 10.5. The molecule has 3 N–H and O–H groups in total. The molecule has 0 radical (unpaired) electrons. The van der Waals surface area contributed by atoms with Crippen molar-refractivity contribution in [2.45, 2.75) is 33.4 Å². The summed E-state index contributed by atoms with van der Waals surface area (Å²) in [4.78, 5) is 4.66. The highest BCUT2D eigenvalue weighted by Gasteiger charge is 2.10. The van der Waals surface area contributed by atoms with E-state index in [1.54, 1.807) is 7.11 Å². The summed E-state index contributed by atoms with van der Waals surface area (Å²) in [7, 11) is 1.62. The molecule has 1 atom stereocenters. The Bertz CT molecular complexity index is 809. The average molecular weight is 430 g/mol. The molecular weight excluding hydrogens is 394 g/mol. The molecule has 2 aromatic rings. The number of aryl methyl sites for hydroxylation is 1. The van der Waals surface area contributed by atoms with E-state index in [0.717, 1.165) is 34.7 Å². The molecule has 1 unspecified atom stereocenters. The van der Waals surface area contributed by atoms with Gasteiger partial charge in [-0.2, -0.15) is 0 Å². The Hall–Kier alpha value is -2.77. The molecule has 2 rings (SSSR count). The lowest BCUT2D eigenvalue weighted by atomic mass is 10.1. The van der Waals surface area contributed by atoms with E-state index in [4.69, 9.17) is 14.2 Å².